The molecule has 164 valence electrons. The summed E-state index contributed by atoms with van der Waals surface area (Å²) >= 11 is 0. The minimum atomic E-state index is -0.999. The molecule has 0 N–H and O–H groups in total. The van der Waals surface area contributed by atoms with E-state index in [1.807, 2.05) is 0 Å². The third-order valence-electron chi connectivity index (χ3n) is 4.21. The van der Waals surface area contributed by atoms with Crippen LogP contribution in [0, 0.1) is 16.0 Å². The van der Waals surface area contributed by atoms with E-state index in [-0.39, 0.29) is 11.3 Å². The van der Waals surface area contributed by atoms with E-state index < -0.39 is 45.8 Å². The van der Waals surface area contributed by atoms with E-state index >= 15 is 0 Å². The fourth-order valence-electron chi connectivity index (χ4n) is 3.22. The van der Waals surface area contributed by atoms with Crippen molar-refractivity contribution in [2.24, 2.45) is 10.9 Å². The van der Waals surface area contributed by atoms with Gasteiger partial charge in [0.25, 0.3) is 0 Å². The molecular weight excluding hydrogens is 392 g/mol. The van der Waals surface area contributed by atoms with Crippen molar-refractivity contribution in [1.29, 1.82) is 0 Å². The second-order valence-electron chi connectivity index (χ2n) is 9.18. The maximum Gasteiger partial charge on any atom is 0.433 e. The molecule has 0 radical (unpaired) electrons. The molecule has 0 saturated carbocycles. The molecule has 0 aromatic carbocycles. The van der Waals surface area contributed by atoms with E-state index in [9.17, 15) is 19.7 Å². The fraction of sp³-hybridized carbons (Fsp3) is 0.571. The number of nitrogens with zero attached hydrogens (tertiary/aromatic N) is 2. The molecule has 9 heteroatoms. The molecule has 1 aromatic rings. The number of carbonyl (C=O) groups is 2. The molecule has 1 aromatic heterocycles. The Balaban J connectivity index is 2.64. The smallest absolute Gasteiger partial charge is 0.433 e. The van der Waals surface area contributed by atoms with Gasteiger partial charge in [-0.2, -0.15) is 0 Å². The number of aliphatic imine (C=N–C) groups is 1. The molecule has 2 unspecified atom stereocenters. The lowest BCUT2D eigenvalue weighted by Crippen LogP contribution is -2.40. The number of hydrogen-bond donors (Lipinski definition) is 0. The Bertz CT molecular complexity index is 926. The summed E-state index contributed by atoms with van der Waals surface area (Å²) in [4.78, 5) is 40.9. The van der Waals surface area contributed by atoms with Gasteiger partial charge in [0.1, 0.15) is 27.8 Å². The van der Waals surface area contributed by atoms with E-state index in [4.69, 9.17) is 13.9 Å². The van der Waals surface area contributed by atoms with Gasteiger partial charge in [-0.15, -0.1) is 0 Å². The first kappa shape index (κ1) is 23.3. The van der Waals surface area contributed by atoms with E-state index in [0.717, 1.165) is 0 Å². The van der Waals surface area contributed by atoms with Crippen LogP contribution in [0.5, 0.6) is 0 Å². The van der Waals surface area contributed by atoms with Crippen molar-refractivity contribution in [2.75, 3.05) is 0 Å². The normalized spacial score (nSPS) is 19.9. The van der Waals surface area contributed by atoms with Crippen LogP contribution in [0.2, 0.25) is 0 Å². The lowest BCUT2D eigenvalue weighted by Gasteiger charge is -2.33. The largest absolute Gasteiger partial charge is 0.459 e. The molecule has 2 heterocycles. The van der Waals surface area contributed by atoms with E-state index in [1.165, 1.54) is 12.1 Å². The summed E-state index contributed by atoms with van der Waals surface area (Å²) in [5.74, 6) is -3.65. The molecule has 0 fully saturated rings. The quantitative estimate of drug-likeness (QED) is 0.404. The van der Waals surface area contributed by atoms with E-state index in [1.54, 1.807) is 55.4 Å². The van der Waals surface area contributed by atoms with Crippen LogP contribution in [0.15, 0.2) is 32.8 Å². The number of esters is 2. The first-order valence-corrected chi connectivity index (χ1v) is 9.57. The standard InChI is InChI=1S/C21H28N2O7/c1-11-15(18(24)29-20(3,4)5)17(13-9-10-14(28-13)23(26)27)16(12(2)22-11)19(25)30-21(6,7)8/h9-10,15,17H,1-8H3. The van der Waals surface area contributed by atoms with Crippen LogP contribution in [0.1, 0.15) is 67.1 Å². The second-order valence-corrected chi connectivity index (χ2v) is 9.18. The highest BCUT2D eigenvalue weighted by atomic mass is 16.6. The van der Waals surface area contributed by atoms with Crippen LogP contribution >= 0.6 is 0 Å². The zero-order valence-corrected chi connectivity index (χ0v) is 18.6. The average molecular weight is 420 g/mol. The Hall–Kier alpha value is -2.97. The van der Waals surface area contributed by atoms with Crippen molar-refractivity contribution >= 4 is 23.5 Å². The van der Waals surface area contributed by atoms with Crippen LogP contribution in [-0.2, 0) is 19.1 Å². The van der Waals surface area contributed by atoms with Crippen LogP contribution < -0.4 is 0 Å². The lowest BCUT2D eigenvalue weighted by molar-refractivity contribution is -0.402. The monoisotopic (exact) mass is 420 g/mol. The van der Waals surface area contributed by atoms with Crippen LogP contribution in [0.25, 0.3) is 0 Å². The number of allylic oxidation sites excluding steroid dienone is 1. The van der Waals surface area contributed by atoms with Gasteiger partial charge in [-0.25, -0.2) is 4.79 Å². The Morgan fingerprint density at radius 2 is 1.63 bits per heavy atom. The van der Waals surface area contributed by atoms with Crippen LogP contribution in [0.3, 0.4) is 0 Å². The predicted octanol–water partition coefficient (Wildman–Crippen LogP) is 4.32. The van der Waals surface area contributed by atoms with Gasteiger partial charge in [0, 0.05) is 11.4 Å². The molecule has 30 heavy (non-hydrogen) atoms. The topological polar surface area (TPSA) is 121 Å². The molecular formula is C21H28N2O7. The van der Waals surface area contributed by atoms with Crippen molar-refractivity contribution in [3.63, 3.8) is 0 Å². The maximum absolute atomic E-state index is 13.1. The number of nitro groups is 1. The summed E-state index contributed by atoms with van der Waals surface area (Å²) in [6.07, 6.45) is 0. The van der Waals surface area contributed by atoms with Gasteiger partial charge in [0.15, 0.2) is 0 Å². The fourth-order valence-corrected chi connectivity index (χ4v) is 3.22. The van der Waals surface area contributed by atoms with Gasteiger partial charge in [-0.3, -0.25) is 19.9 Å². The first-order chi connectivity index (χ1) is 13.6. The van der Waals surface area contributed by atoms with Gasteiger partial charge in [-0.1, -0.05) is 0 Å². The lowest BCUT2D eigenvalue weighted by atomic mass is 9.78. The summed E-state index contributed by atoms with van der Waals surface area (Å²) in [7, 11) is 0. The molecule has 0 amide bonds. The third-order valence-corrected chi connectivity index (χ3v) is 4.21. The van der Waals surface area contributed by atoms with Gasteiger partial charge >= 0.3 is 17.8 Å². The number of hydrogen-bond acceptors (Lipinski definition) is 8. The third kappa shape index (κ3) is 5.34. The van der Waals surface area contributed by atoms with E-state index in [0.29, 0.717) is 11.4 Å². The Kier molecular flexibility index (Phi) is 6.25. The van der Waals surface area contributed by atoms with Crippen molar-refractivity contribution < 1.29 is 28.4 Å². The van der Waals surface area contributed by atoms with Crippen molar-refractivity contribution in [2.45, 2.75) is 72.5 Å². The molecule has 9 nitrogen and oxygen atoms in total. The van der Waals surface area contributed by atoms with Crippen LogP contribution in [-0.4, -0.2) is 33.8 Å². The van der Waals surface area contributed by atoms with Crippen molar-refractivity contribution in [3.05, 3.63) is 39.3 Å². The van der Waals surface area contributed by atoms with Gasteiger partial charge in [0.2, 0.25) is 0 Å². The highest BCUT2D eigenvalue weighted by Gasteiger charge is 2.46. The van der Waals surface area contributed by atoms with E-state index in [2.05, 4.69) is 4.99 Å². The Morgan fingerprint density at radius 3 is 2.10 bits per heavy atom. The summed E-state index contributed by atoms with van der Waals surface area (Å²) in [5.41, 5.74) is -0.694. The van der Waals surface area contributed by atoms with Gasteiger partial charge < -0.3 is 13.9 Å². The van der Waals surface area contributed by atoms with Crippen molar-refractivity contribution in [1.82, 2.24) is 0 Å². The molecule has 1 aliphatic rings. The molecule has 0 spiro atoms. The molecule has 2 atom stereocenters. The molecule has 1 aliphatic heterocycles. The highest BCUT2D eigenvalue weighted by molar-refractivity contribution is 6.07. The molecule has 0 aliphatic carbocycles. The minimum Gasteiger partial charge on any atom is -0.459 e. The minimum absolute atomic E-state index is 0.0898. The van der Waals surface area contributed by atoms with Crippen LogP contribution in [0.4, 0.5) is 5.88 Å². The second kappa shape index (κ2) is 8.04. The Morgan fingerprint density at radius 1 is 1.07 bits per heavy atom. The van der Waals surface area contributed by atoms with Gasteiger partial charge in [-0.05, 0) is 61.5 Å². The van der Waals surface area contributed by atoms with Crippen molar-refractivity contribution in [3.8, 4) is 0 Å². The maximum atomic E-state index is 13.1. The zero-order valence-electron chi connectivity index (χ0n) is 18.6. The number of ether oxygens (including phenoxy) is 2. The summed E-state index contributed by atoms with van der Waals surface area (Å²) in [5, 5.41) is 11.1. The SMILES string of the molecule is CC1=NC(C)=C(C(=O)OC(C)(C)C)C(c2ccc([N+](=O)[O-])o2)C1C(=O)OC(C)(C)C. The summed E-state index contributed by atoms with van der Waals surface area (Å²) in [6, 6.07) is 2.57. The number of carbonyl (C=O) groups excluding carboxylic acids is 2. The summed E-state index contributed by atoms with van der Waals surface area (Å²) < 4.78 is 16.5. The molecule has 0 saturated heterocycles. The highest BCUT2D eigenvalue weighted by Crippen LogP contribution is 2.42. The predicted molar refractivity (Wildman–Crippen MR) is 109 cm³/mol. The number of furan rings is 1. The molecule has 0 bridgehead atoms. The number of rotatable bonds is 4. The zero-order chi connectivity index (χ0) is 23.0. The van der Waals surface area contributed by atoms with Gasteiger partial charge in [0.05, 0.1) is 17.6 Å². The summed E-state index contributed by atoms with van der Waals surface area (Å²) in [6.45, 7) is 13.6. The average Bonchev–Trinajstić information content (AvgIpc) is 3.00. The molecule has 2 rings (SSSR count). The first-order valence-electron chi connectivity index (χ1n) is 9.57. The Labute approximate surface area is 175 Å².